The molecule has 0 radical (unpaired) electrons. The Balaban J connectivity index is 0.00000192. The maximum atomic E-state index is 12.3. The minimum absolute atomic E-state index is 0. The number of hydrogen-bond donors (Lipinski definition) is 1. The van der Waals surface area contributed by atoms with Gasteiger partial charge in [0.1, 0.15) is 0 Å². The van der Waals surface area contributed by atoms with Crippen molar-refractivity contribution in [2.45, 2.75) is 57.4 Å². The van der Waals surface area contributed by atoms with Crippen LogP contribution in [0.5, 0.6) is 0 Å². The Morgan fingerprint density at radius 3 is 2.52 bits per heavy atom. The third kappa shape index (κ3) is 5.08. The summed E-state index contributed by atoms with van der Waals surface area (Å²) < 4.78 is 0. The average Bonchev–Trinajstić information content (AvgIpc) is 3.03. The summed E-state index contributed by atoms with van der Waals surface area (Å²) in [7, 11) is 0. The number of rotatable bonds is 4. The van der Waals surface area contributed by atoms with Crippen LogP contribution in [0.25, 0.3) is 0 Å². The summed E-state index contributed by atoms with van der Waals surface area (Å²) in [5.74, 6) is 1.22. The predicted octanol–water partition coefficient (Wildman–Crippen LogP) is 1.80. The van der Waals surface area contributed by atoms with Crippen molar-refractivity contribution in [1.29, 1.82) is 0 Å². The Labute approximate surface area is 145 Å². The highest BCUT2D eigenvalue weighted by atomic mass is 35.5. The third-order valence-electron chi connectivity index (χ3n) is 5.45. The average molecular weight is 344 g/mol. The first-order chi connectivity index (χ1) is 10.7. The summed E-state index contributed by atoms with van der Waals surface area (Å²) in [6.45, 7) is 4.65. The number of nitrogens with one attached hydrogen (secondary N) is 1. The van der Waals surface area contributed by atoms with Gasteiger partial charge in [-0.2, -0.15) is 0 Å². The van der Waals surface area contributed by atoms with Crippen LogP contribution in [0.1, 0.15) is 51.4 Å². The van der Waals surface area contributed by atoms with Gasteiger partial charge in [0.25, 0.3) is 0 Å². The molecule has 132 valence electrons. The highest BCUT2D eigenvalue weighted by Gasteiger charge is 2.28. The van der Waals surface area contributed by atoms with Crippen molar-refractivity contribution in [3.8, 4) is 0 Å². The number of carbonyl (C=O) groups excluding carboxylic acids is 2. The maximum absolute atomic E-state index is 12.3. The number of nitrogens with zero attached hydrogens (tertiary/aromatic N) is 2. The number of piperidine rings is 2. The molecule has 5 nitrogen and oxygen atoms in total. The predicted molar refractivity (Wildman–Crippen MR) is 92.6 cm³/mol. The standard InChI is InChI=1S/C17H29N3O2.ClH/c21-16-5-1-2-9-20(16)13-14-6-10-19(11-7-14)17(22)12-15-4-3-8-18-15;/h14-15,18H,1-13H2;1H. The molecule has 2 amide bonds. The first-order valence-corrected chi connectivity index (χ1v) is 9.01. The Bertz CT molecular complexity index is 405. The molecule has 3 aliphatic heterocycles. The van der Waals surface area contributed by atoms with E-state index in [0.29, 0.717) is 30.2 Å². The topological polar surface area (TPSA) is 52.7 Å². The highest BCUT2D eigenvalue weighted by molar-refractivity contribution is 5.85. The van der Waals surface area contributed by atoms with Crippen molar-refractivity contribution < 1.29 is 9.59 Å². The van der Waals surface area contributed by atoms with Gasteiger partial charge in [-0.1, -0.05) is 0 Å². The molecule has 0 aromatic carbocycles. The zero-order valence-electron chi connectivity index (χ0n) is 14.0. The second-order valence-electron chi connectivity index (χ2n) is 7.12. The monoisotopic (exact) mass is 343 g/mol. The van der Waals surface area contributed by atoms with E-state index in [1.807, 2.05) is 9.80 Å². The quantitative estimate of drug-likeness (QED) is 0.847. The van der Waals surface area contributed by atoms with Gasteiger partial charge in [-0.25, -0.2) is 0 Å². The molecule has 1 unspecified atom stereocenters. The molecule has 0 aliphatic carbocycles. The van der Waals surface area contributed by atoms with E-state index >= 15 is 0 Å². The number of hydrogen-bond acceptors (Lipinski definition) is 3. The van der Waals surface area contributed by atoms with Crippen molar-refractivity contribution >= 4 is 24.2 Å². The van der Waals surface area contributed by atoms with Crippen LogP contribution < -0.4 is 5.32 Å². The van der Waals surface area contributed by atoms with Crippen LogP contribution in [0.2, 0.25) is 0 Å². The van der Waals surface area contributed by atoms with Gasteiger partial charge >= 0.3 is 0 Å². The lowest BCUT2D eigenvalue weighted by atomic mass is 9.94. The first kappa shape index (κ1) is 18.5. The Morgan fingerprint density at radius 2 is 1.87 bits per heavy atom. The molecule has 1 atom stereocenters. The molecule has 3 heterocycles. The van der Waals surface area contributed by atoms with E-state index in [4.69, 9.17) is 0 Å². The molecular weight excluding hydrogens is 314 g/mol. The number of carbonyl (C=O) groups is 2. The van der Waals surface area contributed by atoms with Gasteiger partial charge in [-0.05, 0) is 51.0 Å². The largest absolute Gasteiger partial charge is 0.343 e. The highest BCUT2D eigenvalue weighted by Crippen LogP contribution is 2.22. The van der Waals surface area contributed by atoms with Gasteiger partial charge < -0.3 is 15.1 Å². The molecule has 0 aromatic rings. The normalized spacial score (nSPS) is 26.3. The molecular formula is C17H30ClN3O2. The maximum Gasteiger partial charge on any atom is 0.224 e. The zero-order valence-corrected chi connectivity index (χ0v) is 14.8. The van der Waals surface area contributed by atoms with Gasteiger partial charge in [-0.15, -0.1) is 12.4 Å². The SMILES string of the molecule is Cl.O=C(CC1CCCN1)N1CCC(CN2CCCCC2=O)CC1. The van der Waals surface area contributed by atoms with E-state index < -0.39 is 0 Å². The Kier molecular flexibility index (Phi) is 7.15. The summed E-state index contributed by atoms with van der Waals surface area (Å²) >= 11 is 0. The second-order valence-corrected chi connectivity index (χ2v) is 7.12. The third-order valence-corrected chi connectivity index (χ3v) is 5.45. The number of likely N-dealkylation sites (tertiary alicyclic amines) is 2. The van der Waals surface area contributed by atoms with Crippen LogP contribution in [0.15, 0.2) is 0 Å². The first-order valence-electron chi connectivity index (χ1n) is 9.01. The molecule has 3 fully saturated rings. The van der Waals surface area contributed by atoms with Crippen LogP contribution >= 0.6 is 12.4 Å². The molecule has 0 spiro atoms. The van der Waals surface area contributed by atoms with E-state index in [9.17, 15) is 9.59 Å². The fraction of sp³-hybridized carbons (Fsp3) is 0.882. The van der Waals surface area contributed by atoms with E-state index in [-0.39, 0.29) is 12.4 Å². The molecule has 0 saturated carbocycles. The molecule has 3 saturated heterocycles. The van der Waals surface area contributed by atoms with Gasteiger partial charge in [0, 0.05) is 45.1 Å². The molecule has 1 N–H and O–H groups in total. The van der Waals surface area contributed by atoms with Gasteiger partial charge in [0.15, 0.2) is 0 Å². The molecule has 6 heteroatoms. The van der Waals surface area contributed by atoms with Gasteiger partial charge in [-0.3, -0.25) is 9.59 Å². The summed E-state index contributed by atoms with van der Waals surface area (Å²) in [6.07, 6.45) is 8.03. The van der Waals surface area contributed by atoms with E-state index in [1.165, 1.54) is 6.42 Å². The Morgan fingerprint density at radius 1 is 1.09 bits per heavy atom. The minimum Gasteiger partial charge on any atom is -0.343 e. The van der Waals surface area contributed by atoms with Crippen LogP contribution in [0, 0.1) is 5.92 Å². The van der Waals surface area contributed by atoms with Crippen molar-refractivity contribution in [2.75, 3.05) is 32.7 Å². The zero-order chi connectivity index (χ0) is 15.4. The number of halogens is 1. The summed E-state index contributed by atoms with van der Waals surface area (Å²) in [4.78, 5) is 28.3. The van der Waals surface area contributed by atoms with E-state index in [1.54, 1.807) is 0 Å². The fourth-order valence-electron chi connectivity index (χ4n) is 4.00. The fourth-order valence-corrected chi connectivity index (χ4v) is 4.00. The smallest absolute Gasteiger partial charge is 0.224 e. The molecule has 0 bridgehead atoms. The lowest BCUT2D eigenvalue weighted by molar-refractivity contribution is -0.136. The Hall–Kier alpha value is -0.810. The minimum atomic E-state index is 0. The van der Waals surface area contributed by atoms with Crippen LogP contribution in [-0.4, -0.2) is 60.4 Å². The van der Waals surface area contributed by atoms with Crippen LogP contribution in [0.3, 0.4) is 0 Å². The van der Waals surface area contributed by atoms with Crippen molar-refractivity contribution in [2.24, 2.45) is 5.92 Å². The molecule has 23 heavy (non-hydrogen) atoms. The summed E-state index contributed by atoms with van der Waals surface area (Å²) in [6, 6.07) is 0.399. The van der Waals surface area contributed by atoms with Crippen molar-refractivity contribution in [1.82, 2.24) is 15.1 Å². The lowest BCUT2D eigenvalue weighted by Gasteiger charge is -2.36. The molecule has 3 rings (SSSR count). The van der Waals surface area contributed by atoms with Crippen molar-refractivity contribution in [3.05, 3.63) is 0 Å². The molecule has 0 aromatic heterocycles. The second kappa shape index (κ2) is 8.88. The van der Waals surface area contributed by atoms with Gasteiger partial charge in [0.2, 0.25) is 11.8 Å². The lowest BCUT2D eigenvalue weighted by Crippen LogP contribution is -2.45. The van der Waals surface area contributed by atoms with Crippen molar-refractivity contribution in [3.63, 3.8) is 0 Å². The van der Waals surface area contributed by atoms with Crippen LogP contribution in [-0.2, 0) is 9.59 Å². The summed E-state index contributed by atoms with van der Waals surface area (Å²) in [5.41, 5.74) is 0. The van der Waals surface area contributed by atoms with Gasteiger partial charge in [0.05, 0.1) is 0 Å². The molecule has 3 aliphatic rings. The summed E-state index contributed by atoms with van der Waals surface area (Å²) in [5, 5.41) is 3.40. The number of amides is 2. The van der Waals surface area contributed by atoms with E-state index in [2.05, 4.69) is 5.32 Å². The van der Waals surface area contributed by atoms with Crippen LogP contribution in [0.4, 0.5) is 0 Å². The van der Waals surface area contributed by atoms with E-state index in [0.717, 1.165) is 71.2 Å².